The van der Waals surface area contributed by atoms with E-state index >= 15 is 0 Å². The number of hydrogen-bond donors (Lipinski definition) is 1. The highest BCUT2D eigenvalue weighted by Crippen LogP contribution is 2.20. The molecule has 0 heterocycles. The molecule has 0 aliphatic rings. The number of aryl methyl sites for hydroxylation is 1. The van der Waals surface area contributed by atoms with Crippen LogP contribution < -0.4 is 4.74 Å². The molecule has 0 unspecified atom stereocenters. The Hall–Kier alpha value is -1.19. The fourth-order valence-corrected chi connectivity index (χ4v) is 1.24. The van der Waals surface area contributed by atoms with E-state index in [1.807, 2.05) is 0 Å². The predicted octanol–water partition coefficient (Wildman–Crippen LogP) is 3.39. The Balaban J connectivity index is 2.79. The van der Waals surface area contributed by atoms with Crippen LogP contribution in [0.3, 0.4) is 0 Å². The van der Waals surface area contributed by atoms with Crippen LogP contribution in [0.1, 0.15) is 15.9 Å². The topological polar surface area (TPSA) is 46.5 Å². The van der Waals surface area contributed by atoms with E-state index in [0.717, 1.165) is 5.56 Å². The molecule has 5 heteroatoms. The summed E-state index contributed by atoms with van der Waals surface area (Å²) in [6, 6.07) is 4.61. The third kappa shape index (κ3) is 3.43. The van der Waals surface area contributed by atoms with Crippen LogP contribution in [0.4, 0.5) is 0 Å². The van der Waals surface area contributed by atoms with Crippen molar-refractivity contribution in [1.29, 1.82) is 0 Å². The number of hydrogen-bond acceptors (Lipinski definition) is 2. The number of carboxylic acids is 1. The van der Waals surface area contributed by atoms with E-state index in [0.29, 0.717) is 10.8 Å². The van der Waals surface area contributed by atoms with Gasteiger partial charge in [0.25, 0.3) is 0 Å². The van der Waals surface area contributed by atoms with Crippen molar-refractivity contribution in [1.82, 2.24) is 0 Å². The molecule has 0 aliphatic carbocycles. The van der Waals surface area contributed by atoms with Crippen LogP contribution in [-0.4, -0.2) is 17.7 Å². The van der Waals surface area contributed by atoms with Gasteiger partial charge in [0.1, 0.15) is 12.4 Å². The Morgan fingerprint density at radius 3 is 2.75 bits per heavy atom. The maximum atomic E-state index is 10.7. The molecule has 0 spiro atoms. The van der Waals surface area contributed by atoms with Crippen LogP contribution in [0.15, 0.2) is 28.8 Å². The van der Waals surface area contributed by atoms with Gasteiger partial charge in [-0.3, -0.25) is 0 Å². The second kappa shape index (κ2) is 5.77. The number of benzene rings is 1. The fraction of sp³-hybridized carbons (Fsp3) is 0.182. The molecule has 1 N–H and O–H groups in total. The zero-order chi connectivity index (χ0) is 12.1. The smallest absolute Gasteiger partial charge is 0.335 e. The van der Waals surface area contributed by atoms with Crippen LogP contribution in [0.25, 0.3) is 0 Å². The summed E-state index contributed by atoms with van der Waals surface area (Å²) in [7, 11) is 0. The van der Waals surface area contributed by atoms with Crippen molar-refractivity contribution >= 4 is 29.2 Å². The fourth-order valence-electron chi connectivity index (χ4n) is 1.12. The first-order chi connectivity index (χ1) is 7.54. The summed E-state index contributed by atoms with van der Waals surface area (Å²) in [5.74, 6) is -0.380. The molecule has 0 amide bonds. The van der Waals surface area contributed by atoms with Gasteiger partial charge < -0.3 is 9.84 Å². The van der Waals surface area contributed by atoms with Crippen molar-refractivity contribution in [3.05, 3.63) is 39.9 Å². The molecule has 0 fully saturated rings. The molecule has 86 valence electrons. The first-order valence-corrected chi connectivity index (χ1v) is 5.27. The van der Waals surface area contributed by atoms with Crippen LogP contribution in [0, 0.1) is 6.92 Å². The highest BCUT2D eigenvalue weighted by atomic mass is 35.5. The van der Waals surface area contributed by atoms with Crippen LogP contribution in [0.2, 0.25) is 0 Å². The molecule has 0 atom stereocenters. The molecule has 1 aromatic rings. The second-order valence-electron chi connectivity index (χ2n) is 3.13. The van der Waals surface area contributed by atoms with Crippen molar-refractivity contribution in [3.8, 4) is 5.75 Å². The van der Waals surface area contributed by atoms with E-state index < -0.39 is 5.97 Å². The van der Waals surface area contributed by atoms with Crippen molar-refractivity contribution in [2.45, 2.75) is 6.92 Å². The second-order valence-corrected chi connectivity index (χ2v) is 3.83. The third-order valence-electron chi connectivity index (χ3n) is 1.91. The normalized spacial score (nSPS) is 11.3. The van der Waals surface area contributed by atoms with Gasteiger partial charge in [0.2, 0.25) is 0 Å². The summed E-state index contributed by atoms with van der Waals surface area (Å²) >= 11 is 11.0. The lowest BCUT2D eigenvalue weighted by molar-refractivity contribution is 0.0696. The maximum Gasteiger partial charge on any atom is 0.335 e. The standard InChI is InChI=1S/C11H10Cl2O3/c1-7-4-8(11(14)15)2-3-10(7)16-6-9(13)5-12/h2-5H,6H2,1H3,(H,14,15)/b9-5-. The molecule has 3 nitrogen and oxygen atoms in total. The number of aromatic carboxylic acids is 1. The molecule has 0 aliphatic heterocycles. The largest absolute Gasteiger partial charge is 0.488 e. The molecule has 0 saturated heterocycles. The third-order valence-corrected chi connectivity index (χ3v) is 2.50. The summed E-state index contributed by atoms with van der Waals surface area (Å²) in [6.45, 7) is 1.93. The molecular weight excluding hydrogens is 251 g/mol. The van der Waals surface area contributed by atoms with Crippen molar-refractivity contribution in [2.24, 2.45) is 0 Å². The maximum absolute atomic E-state index is 10.7. The SMILES string of the molecule is Cc1cc(C(=O)O)ccc1OC/C(Cl)=C/Cl. The molecule has 1 rings (SSSR count). The molecule has 0 radical (unpaired) electrons. The highest BCUT2D eigenvalue weighted by molar-refractivity contribution is 6.36. The van der Waals surface area contributed by atoms with E-state index in [9.17, 15) is 4.79 Å². The van der Waals surface area contributed by atoms with Crippen molar-refractivity contribution in [2.75, 3.05) is 6.61 Å². The van der Waals surface area contributed by atoms with Gasteiger partial charge in [-0.05, 0) is 30.7 Å². The summed E-state index contributed by atoms with van der Waals surface area (Å²) in [5.41, 5.74) is 2.19. The van der Waals surface area contributed by atoms with Gasteiger partial charge in [0.15, 0.2) is 0 Å². The molecular formula is C11H10Cl2O3. The Labute approximate surface area is 103 Å². The van der Waals surface area contributed by atoms with Gasteiger partial charge >= 0.3 is 5.97 Å². The number of ether oxygens (including phenoxy) is 1. The average molecular weight is 261 g/mol. The molecule has 0 aromatic heterocycles. The molecule has 1 aromatic carbocycles. The number of carbonyl (C=O) groups is 1. The van der Waals surface area contributed by atoms with Gasteiger partial charge in [0, 0.05) is 5.54 Å². The van der Waals surface area contributed by atoms with Gasteiger partial charge in [-0.25, -0.2) is 4.79 Å². The van der Waals surface area contributed by atoms with Crippen LogP contribution in [-0.2, 0) is 0 Å². The zero-order valence-corrected chi connectivity index (χ0v) is 10.0. The van der Waals surface area contributed by atoms with Crippen molar-refractivity contribution < 1.29 is 14.6 Å². The molecule has 0 bridgehead atoms. The van der Waals surface area contributed by atoms with Crippen LogP contribution in [0.5, 0.6) is 5.75 Å². The van der Waals surface area contributed by atoms with Gasteiger partial charge in [-0.1, -0.05) is 23.2 Å². The Morgan fingerprint density at radius 2 is 2.25 bits per heavy atom. The lowest BCUT2D eigenvalue weighted by Crippen LogP contribution is -2.01. The van der Waals surface area contributed by atoms with Gasteiger partial charge in [-0.15, -0.1) is 0 Å². The first-order valence-electron chi connectivity index (χ1n) is 4.46. The minimum Gasteiger partial charge on any atom is -0.488 e. The first kappa shape index (κ1) is 12.9. The van der Waals surface area contributed by atoms with Crippen molar-refractivity contribution in [3.63, 3.8) is 0 Å². The lowest BCUT2D eigenvalue weighted by atomic mass is 10.1. The van der Waals surface area contributed by atoms with Gasteiger partial charge in [-0.2, -0.15) is 0 Å². The Kier molecular flexibility index (Phi) is 4.65. The van der Waals surface area contributed by atoms with E-state index in [1.165, 1.54) is 17.7 Å². The van der Waals surface area contributed by atoms with Gasteiger partial charge in [0.05, 0.1) is 10.6 Å². The summed E-state index contributed by atoms with van der Waals surface area (Å²) in [4.78, 5) is 10.7. The Bertz CT molecular complexity index is 427. The van der Waals surface area contributed by atoms with E-state index in [1.54, 1.807) is 13.0 Å². The highest BCUT2D eigenvalue weighted by Gasteiger charge is 2.06. The summed E-state index contributed by atoms with van der Waals surface area (Å²) < 4.78 is 5.35. The number of carboxylic acid groups (broad SMARTS) is 1. The van der Waals surface area contributed by atoms with E-state index in [2.05, 4.69) is 0 Å². The number of rotatable bonds is 4. The summed E-state index contributed by atoms with van der Waals surface area (Å²) in [6.07, 6.45) is 0. The van der Waals surface area contributed by atoms with Crippen LogP contribution >= 0.6 is 23.2 Å². The summed E-state index contributed by atoms with van der Waals surface area (Å²) in [5, 5.41) is 9.15. The molecule has 0 saturated carbocycles. The minimum atomic E-state index is -0.965. The minimum absolute atomic E-state index is 0.165. The monoisotopic (exact) mass is 260 g/mol. The quantitative estimate of drug-likeness (QED) is 0.903. The average Bonchev–Trinajstić information content (AvgIpc) is 2.26. The zero-order valence-electron chi connectivity index (χ0n) is 8.54. The van der Waals surface area contributed by atoms with E-state index in [-0.39, 0.29) is 12.2 Å². The lowest BCUT2D eigenvalue weighted by Gasteiger charge is -2.08. The predicted molar refractivity (Wildman–Crippen MR) is 63.4 cm³/mol. The molecule has 16 heavy (non-hydrogen) atoms. The van der Waals surface area contributed by atoms with E-state index in [4.69, 9.17) is 33.0 Å². The number of halogens is 2. The Morgan fingerprint density at radius 1 is 1.56 bits per heavy atom.